The second kappa shape index (κ2) is 12.9. The van der Waals surface area contributed by atoms with Crippen molar-refractivity contribution < 1.29 is 18.0 Å². The first-order valence-corrected chi connectivity index (χ1v) is 14.7. The van der Waals surface area contributed by atoms with E-state index in [1.807, 2.05) is 77.1 Å². The molecule has 2 amide bonds. The number of hydrogen-bond acceptors (Lipinski definition) is 4. The minimum Gasteiger partial charge on any atom is -0.352 e. The van der Waals surface area contributed by atoms with Crippen LogP contribution >= 0.6 is 0 Å². The highest BCUT2D eigenvalue weighted by Crippen LogP contribution is 2.28. The molecule has 39 heavy (non-hydrogen) atoms. The number of sulfonamides is 1. The first-order chi connectivity index (χ1) is 18.4. The average molecular weight is 550 g/mol. The molecule has 0 unspecified atom stereocenters. The summed E-state index contributed by atoms with van der Waals surface area (Å²) in [5.74, 6) is -0.754. The zero-order chi connectivity index (χ0) is 28.7. The first kappa shape index (κ1) is 29.9. The third kappa shape index (κ3) is 7.47. The van der Waals surface area contributed by atoms with Gasteiger partial charge in [-0.15, -0.1) is 0 Å². The van der Waals surface area contributed by atoms with E-state index in [4.69, 9.17) is 0 Å². The molecular formula is C31H39N3O4S. The summed E-state index contributed by atoms with van der Waals surface area (Å²) in [5, 5.41) is 2.95. The maximum absolute atomic E-state index is 14.0. The normalized spacial score (nSPS) is 12.9. The predicted molar refractivity (Wildman–Crippen MR) is 156 cm³/mol. The molecule has 0 heterocycles. The Morgan fingerprint density at radius 3 is 2.10 bits per heavy atom. The van der Waals surface area contributed by atoms with Crippen molar-refractivity contribution in [1.29, 1.82) is 0 Å². The van der Waals surface area contributed by atoms with Crippen LogP contribution in [0.5, 0.6) is 0 Å². The smallest absolute Gasteiger partial charge is 0.264 e. The van der Waals surface area contributed by atoms with E-state index in [0.29, 0.717) is 5.69 Å². The summed E-state index contributed by atoms with van der Waals surface area (Å²) in [7, 11) is -4.10. The highest BCUT2D eigenvalue weighted by molar-refractivity contribution is 7.92. The Morgan fingerprint density at radius 2 is 1.49 bits per heavy atom. The molecule has 0 aromatic heterocycles. The van der Waals surface area contributed by atoms with Gasteiger partial charge in [-0.1, -0.05) is 67.1 Å². The Kier molecular flexibility index (Phi) is 9.92. The lowest BCUT2D eigenvalue weighted by Gasteiger charge is -2.33. The molecule has 0 fully saturated rings. The van der Waals surface area contributed by atoms with E-state index in [1.165, 1.54) is 9.21 Å². The van der Waals surface area contributed by atoms with E-state index < -0.39 is 28.5 Å². The molecule has 1 N–H and O–H groups in total. The van der Waals surface area contributed by atoms with Gasteiger partial charge in [0, 0.05) is 12.6 Å². The standard InChI is InChI=1S/C31H39N3O4S/c1-7-25(5)32-31(36)26(6)33(20-27-11-9-8-10-12-27)30(35)21-34(29-19-23(3)13-16-24(29)4)39(37,38)28-17-14-22(2)15-18-28/h8-19,25-26H,7,20-21H2,1-6H3,(H,32,36)/t25-,26-/m1/s1. The molecule has 0 aliphatic carbocycles. The van der Waals surface area contributed by atoms with Crippen LogP contribution in [0.15, 0.2) is 77.7 Å². The maximum Gasteiger partial charge on any atom is 0.264 e. The van der Waals surface area contributed by atoms with Crippen LogP contribution in [0.1, 0.15) is 49.4 Å². The summed E-state index contributed by atoms with van der Waals surface area (Å²) in [6.07, 6.45) is 0.750. The third-order valence-corrected chi connectivity index (χ3v) is 8.66. The fraction of sp³-hybridized carbons (Fsp3) is 0.355. The Bertz CT molecular complexity index is 1390. The van der Waals surface area contributed by atoms with Crippen LogP contribution in [0.25, 0.3) is 0 Å². The van der Waals surface area contributed by atoms with Crippen LogP contribution in [0.2, 0.25) is 0 Å². The van der Waals surface area contributed by atoms with E-state index in [0.717, 1.165) is 28.7 Å². The molecule has 0 bridgehead atoms. The molecule has 0 saturated heterocycles. The van der Waals surface area contributed by atoms with Gasteiger partial charge in [0.05, 0.1) is 10.6 Å². The van der Waals surface area contributed by atoms with Crippen molar-refractivity contribution in [1.82, 2.24) is 10.2 Å². The van der Waals surface area contributed by atoms with E-state index in [9.17, 15) is 18.0 Å². The molecule has 0 saturated carbocycles. The fourth-order valence-corrected chi connectivity index (χ4v) is 5.64. The summed E-state index contributed by atoms with van der Waals surface area (Å²) in [4.78, 5) is 28.7. The highest BCUT2D eigenvalue weighted by atomic mass is 32.2. The van der Waals surface area contributed by atoms with Gasteiger partial charge in [0.1, 0.15) is 12.6 Å². The summed E-state index contributed by atoms with van der Waals surface area (Å²) in [6.45, 7) is 10.9. The summed E-state index contributed by atoms with van der Waals surface area (Å²) >= 11 is 0. The topological polar surface area (TPSA) is 86.8 Å². The number of amides is 2. The van der Waals surface area contributed by atoms with Gasteiger partial charge in [-0.25, -0.2) is 8.42 Å². The Balaban J connectivity index is 2.05. The molecule has 0 spiro atoms. The second-order valence-electron chi connectivity index (χ2n) is 10.1. The summed E-state index contributed by atoms with van der Waals surface area (Å²) < 4.78 is 29.1. The van der Waals surface area contributed by atoms with Crippen molar-refractivity contribution in [3.63, 3.8) is 0 Å². The van der Waals surface area contributed by atoms with Gasteiger partial charge in [-0.3, -0.25) is 13.9 Å². The number of anilines is 1. The first-order valence-electron chi connectivity index (χ1n) is 13.2. The van der Waals surface area contributed by atoms with Gasteiger partial charge < -0.3 is 10.2 Å². The van der Waals surface area contributed by atoms with Crippen molar-refractivity contribution in [2.45, 2.75) is 71.5 Å². The maximum atomic E-state index is 14.0. The van der Waals surface area contributed by atoms with Gasteiger partial charge >= 0.3 is 0 Å². The van der Waals surface area contributed by atoms with Gasteiger partial charge in [-0.05, 0) is 75.9 Å². The number of rotatable bonds is 11. The lowest BCUT2D eigenvalue weighted by atomic mass is 10.1. The third-order valence-electron chi connectivity index (χ3n) is 6.89. The van der Waals surface area contributed by atoms with Gasteiger partial charge in [0.15, 0.2) is 0 Å². The minimum atomic E-state index is -4.10. The predicted octanol–water partition coefficient (Wildman–Crippen LogP) is 5.14. The largest absolute Gasteiger partial charge is 0.352 e. The molecule has 8 heteroatoms. The number of carbonyl (C=O) groups is 2. The number of carbonyl (C=O) groups excluding carboxylic acids is 2. The molecule has 3 aromatic rings. The molecule has 3 aromatic carbocycles. The van der Waals surface area contributed by atoms with E-state index in [1.54, 1.807) is 37.3 Å². The molecule has 208 valence electrons. The van der Waals surface area contributed by atoms with E-state index >= 15 is 0 Å². The Hall–Kier alpha value is -3.65. The fourth-order valence-electron chi connectivity index (χ4n) is 4.17. The lowest BCUT2D eigenvalue weighted by Crippen LogP contribution is -2.52. The van der Waals surface area contributed by atoms with Crippen LogP contribution in [-0.2, 0) is 26.2 Å². The van der Waals surface area contributed by atoms with Gasteiger partial charge in [-0.2, -0.15) is 0 Å². The molecule has 0 aliphatic rings. The molecule has 0 aliphatic heterocycles. The van der Waals surface area contributed by atoms with Crippen LogP contribution in [0.4, 0.5) is 5.69 Å². The lowest BCUT2D eigenvalue weighted by molar-refractivity contribution is -0.139. The highest BCUT2D eigenvalue weighted by Gasteiger charge is 2.33. The van der Waals surface area contributed by atoms with Crippen molar-refractivity contribution in [2.24, 2.45) is 0 Å². The number of hydrogen-bond donors (Lipinski definition) is 1. The van der Waals surface area contributed by atoms with Gasteiger partial charge in [0.25, 0.3) is 10.0 Å². The summed E-state index contributed by atoms with van der Waals surface area (Å²) in [6, 6.07) is 20.6. The SMILES string of the molecule is CC[C@@H](C)NC(=O)[C@@H](C)N(Cc1ccccc1)C(=O)CN(c1cc(C)ccc1C)S(=O)(=O)c1ccc(C)cc1. The Morgan fingerprint density at radius 1 is 0.872 bits per heavy atom. The molecule has 3 rings (SSSR count). The molecule has 2 atom stereocenters. The van der Waals surface area contributed by atoms with Crippen molar-refractivity contribution in [3.05, 3.63) is 95.1 Å². The molecule has 7 nitrogen and oxygen atoms in total. The van der Waals surface area contributed by atoms with Crippen LogP contribution in [-0.4, -0.2) is 43.8 Å². The zero-order valence-corrected chi connectivity index (χ0v) is 24.5. The van der Waals surface area contributed by atoms with Crippen molar-refractivity contribution >= 4 is 27.5 Å². The Labute approximate surface area is 232 Å². The zero-order valence-electron chi connectivity index (χ0n) is 23.6. The van der Waals surface area contributed by atoms with Crippen molar-refractivity contribution in [3.8, 4) is 0 Å². The van der Waals surface area contributed by atoms with Crippen LogP contribution < -0.4 is 9.62 Å². The minimum absolute atomic E-state index is 0.0537. The monoisotopic (exact) mass is 549 g/mol. The van der Waals surface area contributed by atoms with Gasteiger partial charge in [0.2, 0.25) is 11.8 Å². The molecular weight excluding hydrogens is 510 g/mol. The van der Waals surface area contributed by atoms with Crippen molar-refractivity contribution in [2.75, 3.05) is 10.8 Å². The average Bonchev–Trinajstić information content (AvgIpc) is 2.91. The second-order valence-corrected chi connectivity index (χ2v) is 12.0. The number of nitrogens with zero attached hydrogens (tertiary/aromatic N) is 2. The van der Waals surface area contributed by atoms with Crippen LogP contribution in [0.3, 0.4) is 0 Å². The van der Waals surface area contributed by atoms with Crippen LogP contribution in [0, 0.1) is 20.8 Å². The number of nitrogens with one attached hydrogen (secondary N) is 1. The summed E-state index contributed by atoms with van der Waals surface area (Å²) in [5.41, 5.74) is 3.79. The van der Waals surface area contributed by atoms with E-state index in [2.05, 4.69) is 5.32 Å². The van der Waals surface area contributed by atoms with E-state index in [-0.39, 0.29) is 23.4 Å². The number of benzene rings is 3. The molecule has 0 radical (unpaired) electrons. The number of aryl methyl sites for hydroxylation is 3. The quantitative estimate of drug-likeness (QED) is 0.359.